The summed E-state index contributed by atoms with van der Waals surface area (Å²) in [5, 5.41) is 3.17. The Labute approximate surface area is 263 Å². The zero-order chi connectivity index (χ0) is 31.7. The number of thioether (sulfide) groups is 1. The van der Waals surface area contributed by atoms with Crippen LogP contribution in [0.1, 0.15) is 23.8 Å². The molecule has 232 valence electrons. The number of hydrogen-bond donors (Lipinski definition) is 2. The van der Waals surface area contributed by atoms with E-state index >= 15 is 0 Å². The maximum Gasteiger partial charge on any atom is 0.459 e. The van der Waals surface area contributed by atoms with Crippen LogP contribution in [0.5, 0.6) is 5.75 Å². The van der Waals surface area contributed by atoms with Gasteiger partial charge in [0, 0.05) is 16.8 Å². The van der Waals surface area contributed by atoms with Crippen molar-refractivity contribution in [3.8, 4) is 18.1 Å². The van der Waals surface area contributed by atoms with Gasteiger partial charge in [0.1, 0.15) is 25.0 Å². The van der Waals surface area contributed by atoms with E-state index in [0.29, 0.717) is 10.8 Å². The lowest BCUT2D eigenvalue weighted by Crippen LogP contribution is -2.40. The quantitative estimate of drug-likeness (QED) is 0.109. The normalized spacial score (nSPS) is 19.5. The minimum atomic E-state index is -4.35. The van der Waals surface area contributed by atoms with E-state index in [2.05, 4.69) is 16.0 Å². The van der Waals surface area contributed by atoms with Crippen molar-refractivity contribution in [1.82, 2.24) is 14.6 Å². The van der Waals surface area contributed by atoms with Gasteiger partial charge in [0.2, 0.25) is 0 Å². The van der Waals surface area contributed by atoms with Crippen molar-refractivity contribution in [2.24, 2.45) is 0 Å². The second-order valence-corrected chi connectivity index (χ2v) is 12.9. The summed E-state index contributed by atoms with van der Waals surface area (Å²) in [4.78, 5) is 39.6. The van der Waals surface area contributed by atoms with Crippen LogP contribution < -0.4 is 20.9 Å². The zero-order valence-electron chi connectivity index (χ0n) is 23.9. The van der Waals surface area contributed by atoms with Gasteiger partial charge in [0.25, 0.3) is 5.56 Å². The molecule has 0 aliphatic carbocycles. The third kappa shape index (κ3) is 8.76. The maximum atomic E-state index is 14.3. The van der Waals surface area contributed by atoms with Crippen molar-refractivity contribution < 1.29 is 27.9 Å². The highest BCUT2D eigenvalue weighted by Gasteiger charge is 2.41. The lowest BCUT2D eigenvalue weighted by molar-refractivity contribution is -0.147. The van der Waals surface area contributed by atoms with Crippen LogP contribution in [0.3, 0.4) is 0 Å². The van der Waals surface area contributed by atoms with Crippen molar-refractivity contribution in [1.29, 1.82) is 0 Å². The molecule has 2 aromatic carbocycles. The fourth-order valence-corrected chi connectivity index (χ4v) is 6.21. The Kier molecular flexibility index (Phi) is 11.3. The molecule has 3 aromatic rings. The Hall–Kier alpha value is -3.56. The predicted molar refractivity (Wildman–Crippen MR) is 169 cm³/mol. The maximum absolute atomic E-state index is 14.3. The average molecular weight is 660 g/mol. The molecule has 44 heavy (non-hydrogen) atoms. The highest BCUT2D eigenvalue weighted by molar-refractivity contribution is 7.98. The van der Waals surface area contributed by atoms with Crippen molar-refractivity contribution in [2.75, 3.05) is 18.6 Å². The minimum absolute atomic E-state index is 0.0180. The predicted octanol–water partition coefficient (Wildman–Crippen LogP) is 4.61. The number of aryl methyl sites for hydroxylation is 1. The molecule has 0 bridgehead atoms. The van der Waals surface area contributed by atoms with Crippen LogP contribution >= 0.6 is 31.1 Å². The van der Waals surface area contributed by atoms with Gasteiger partial charge < -0.3 is 14.0 Å². The van der Waals surface area contributed by atoms with Crippen LogP contribution in [0.15, 0.2) is 82.5 Å². The van der Waals surface area contributed by atoms with Gasteiger partial charge in [-0.25, -0.2) is 9.36 Å². The van der Waals surface area contributed by atoms with Gasteiger partial charge in [0.05, 0.1) is 0 Å². The van der Waals surface area contributed by atoms with Crippen molar-refractivity contribution >= 4 is 37.1 Å². The number of ether oxygens (including phenoxy) is 2. The summed E-state index contributed by atoms with van der Waals surface area (Å²) in [7, 11) is -4.35. The first-order chi connectivity index (χ1) is 21.0. The number of aromatic amines is 1. The first kappa shape index (κ1) is 33.3. The number of carbonyl (C=O) groups excluding carboxylic acids is 1. The largest absolute Gasteiger partial charge is 0.460 e. The van der Waals surface area contributed by atoms with E-state index in [1.807, 2.05) is 36.6 Å². The van der Waals surface area contributed by atoms with Crippen molar-refractivity contribution in [2.45, 2.75) is 37.8 Å². The number of hydrogen-bond acceptors (Lipinski definition) is 9. The number of nitrogens with one attached hydrogen (secondary N) is 2. The Morgan fingerprint density at radius 2 is 1.98 bits per heavy atom. The lowest BCUT2D eigenvalue weighted by Gasteiger charge is -2.28. The van der Waals surface area contributed by atoms with E-state index in [1.165, 1.54) is 42.2 Å². The van der Waals surface area contributed by atoms with Gasteiger partial charge in [0.15, 0.2) is 11.8 Å². The van der Waals surface area contributed by atoms with Crippen molar-refractivity contribution in [3.05, 3.63) is 110 Å². The number of H-pyrrole nitrogens is 1. The number of aromatic nitrogens is 2. The third-order valence-electron chi connectivity index (χ3n) is 6.45. The summed E-state index contributed by atoms with van der Waals surface area (Å²) in [6, 6.07) is 14.2. The second kappa shape index (κ2) is 14.9. The summed E-state index contributed by atoms with van der Waals surface area (Å²) in [6.45, 7) is 1.07. The average Bonchev–Trinajstić information content (AvgIpc) is 3.45. The van der Waals surface area contributed by atoms with Crippen molar-refractivity contribution in [3.63, 3.8) is 0 Å². The fraction of sp³-hybridized carbons (Fsp3) is 0.300. The van der Waals surface area contributed by atoms with Gasteiger partial charge >= 0.3 is 19.4 Å². The van der Waals surface area contributed by atoms with Crippen LogP contribution in [-0.2, 0) is 30.0 Å². The molecule has 2 heterocycles. The van der Waals surface area contributed by atoms with Gasteiger partial charge in [-0.1, -0.05) is 47.9 Å². The molecule has 11 nitrogen and oxygen atoms in total. The molecular formula is C30H31ClN3O8PS. The molecule has 0 unspecified atom stereocenters. The van der Waals surface area contributed by atoms with E-state index in [4.69, 9.17) is 36.5 Å². The fourth-order valence-electron chi connectivity index (χ4n) is 4.06. The highest BCUT2D eigenvalue weighted by atomic mass is 35.5. The first-order valence-corrected chi connectivity index (χ1v) is 16.7. The Bertz CT molecular complexity index is 1690. The molecular weight excluding hydrogens is 629 g/mol. The molecule has 0 radical (unpaired) electrons. The van der Waals surface area contributed by atoms with E-state index in [0.717, 1.165) is 10.1 Å². The van der Waals surface area contributed by atoms with Gasteiger partial charge in [-0.05, 0) is 67.3 Å². The summed E-state index contributed by atoms with van der Waals surface area (Å²) in [6.07, 6.45) is 11.3. The summed E-state index contributed by atoms with van der Waals surface area (Å²) in [5.41, 5.74) is -1.72. The van der Waals surface area contributed by atoms with Gasteiger partial charge in [-0.3, -0.25) is 23.7 Å². The van der Waals surface area contributed by atoms with E-state index in [-0.39, 0.29) is 24.3 Å². The first-order valence-electron chi connectivity index (χ1n) is 13.4. The molecule has 14 heteroatoms. The van der Waals surface area contributed by atoms with Gasteiger partial charge in [-0.2, -0.15) is 16.8 Å². The van der Waals surface area contributed by atoms with Gasteiger partial charge in [-0.15, -0.1) is 6.42 Å². The third-order valence-corrected chi connectivity index (χ3v) is 8.89. The van der Waals surface area contributed by atoms with E-state index < -0.39 is 49.4 Å². The SMILES string of the molecule is C#C[C@@]1(CO[P@@](=O)(N[C@H](CCSC)C(=O)OCc2ccccc2)Oc2ccc(Cl)cc2)C=C[C@H](n2cc(C)c(=O)[nH]c2=O)O1. The summed E-state index contributed by atoms with van der Waals surface area (Å²) < 4.78 is 38.6. The van der Waals surface area contributed by atoms with Crippen LogP contribution in [0.4, 0.5) is 0 Å². The molecule has 1 aliphatic heterocycles. The van der Waals surface area contributed by atoms with Crippen LogP contribution in [0.2, 0.25) is 5.02 Å². The molecule has 4 rings (SSSR count). The van der Waals surface area contributed by atoms with E-state index in [1.54, 1.807) is 19.1 Å². The molecule has 0 saturated carbocycles. The molecule has 0 saturated heterocycles. The number of benzene rings is 2. The number of carbonyl (C=O) groups is 1. The second-order valence-electron chi connectivity index (χ2n) is 9.75. The summed E-state index contributed by atoms with van der Waals surface area (Å²) in [5.74, 6) is 2.51. The smallest absolute Gasteiger partial charge is 0.459 e. The zero-order valence-corrected chi connectivity index (χ0v) is 26.4. The number of esters is 1. The number of nitrogens with zero attached hydrogens (tertiary/aromatic N) is 1. The molecule has 4 atom stereocenters. The monoisotopic (exact) mass is 659 g/mol. The van der Waals surface area contributed by atoms with Crippen LogP contribution in [0, 0.1) is 19.3 Å². The number of rotatable bonds is 14. The molecule has 0 amide bonds. The summed E-state index contributed by atoms with van der Waals surface area (Å²) >= 11 is 7.50. The molecule has 1 aliphatic rings. The standard InChI is InChI=1S/C30H31ClN3O8PS/c1-4-30(16-14-26(41-30)34-18-21(2)27(35)32-29(34)37)20-40-43(38,42-24-12-10-23(31)11-13-24)33-25(15-17-44-3)28(36)39-19-22-8-6-5-7-9-22/h1,5-14,16,18,25-26H,15,17,19-20H2,2-3H3,(H,33,38)(H,32,35,37)/t25-,26-,30+,43+/m1/s1. The Balaban J connectivity index is 1.55. The Morgan fingerprint density at radius 1 is 1.25 bits per heavy atom. The minimum Gasteiger partial charge on any atom is -0.460 e. The Morgan fingerprint density at radius 3 is 2.66 bits per heavy atom. The lowest BCUT2D eigenvalue weighted by atomic mass is 10.1. The van der Waals surface area contributed by atoms with E-state index in [9.17, 15) is 18.9 Å². The van der Waals surface area contributed by atoms with Crippen LogP contribution in [-0.4, -0.2) is 45.8 Å². The molecule has 0 spiro atoms. The molecule has 1 aromatic heterocycles. The number of terminal acetylenes is 1. The van der Waals surface area contributed by atoms with Crippen LogP contribution in [0.25, 0.3) is 0 Å². The topological polar surface area (TPSA) is 138 Å². The molecule has 2 N–H and O–H groups in total. The highest BCUT2D eigenvalue weighted by Crippen LogP contribution is 2.47. The molecule has 0 fully saturated rings. The number of halogens is 1.